The summed E-state index contributed by atoms with van der Waals surface area (Å²) in [6, 6.07) is 0. The van der Waals surface area contributed by atoms with Crippen molar-refractivity contribution in [1.82, 2.24) is 0 Å². The van der Waals surface area contributed by atoms with Crippen LogP contribution in [0, 0.1) is 0 Å². The molecule has 8 radical (unpaired) electrons. The molecular formula is C12H36Cl2GeSi6Sn. The molecule has 0 amide bonds. The number of halogens is 2. The molecule has 0 atom stereocenters. The van der Waals surface area contributed by atoms with Crippen LogP contribution in [0.4, 0.5) is 0 Å². The third-order valence-corrected chi connectivity index (χ3v) is 51.2. The molecule has 10 heteroatoms. The van der Waals surface area contributed by atoms with Crippen LogP contribution >= 0.6 is 22.2 Å². The summed E-state index contributed by atoms with van der Waals surface area (Å²) in [7, 11) is -3.40. The van der Waals surface area contributed by atoms with Crippen LogP contribution in [0.5, 0.6) is 0 Å². The molecule has 0 heterocycles. The van der Waals surface area contributed by atoms with E-state index in [0.29, 0.717) is 0 Å². The molecule has 130 valence electrons. The number of hydrogen-bond acceptors (Lipinski definition) is 0. The predicted molar refractivity (Wildman–Crippen MR) is 128 cm³/mol. The summed E-state index contributed by atoms with van der Waals surface area (Å²) in [5.74, 6) is 0. The van der Waals surface area contributed by atoms with Crippen molar-refractivity contribution < 1.29 is 0 Å². The summed E-state index contributed by atoms with van der Waals surface area (Å²) >= 11 is 16.6. The van der Waals surface area contributed by atoms with Gasteiger partial charge in [-0.3, -0.25) is 0 Å². The van der Waals surface area contributed by atoms with Gasteiger partial charge in [0.25, 0.3) is 0 Å². The molecule has 0 aliphatic rings. The van der Waals surface area contributed by atoms with Crippen molar-refractivity contribution in [3.8, 4) is 0 Å². The molecule has 0 N–H and O–H groups in total. The molecule has 0 fully saturated rings. The molecule has 0 unspecified atom stereocenters. The predicted octanol–water partition coefficient (Wildman–Crippen LogP) is 5.34. The maximum atomic E-state index is 6.50. The first-order valence-corrected chi connectivity index (χ1v) is 36.9. The van der Waals surface area contributed by atoms with Crippen molar-refractivity contribution in [3.05, 3.63) is 0 Å². The van der Waals surface area contributed by atoms with Crippen LogP contribution in [-0.2, 0) is 0 Å². The van der Waals surface area contributed by atoms with Gasteiger partial charge in [-0.1, -0.05) is 78.6 Å². The molecule has 0 rings (SSSR count). The van der Waals surface area contributed by atoms with E-state index in [4.69, 9.17) is 22.2 Å². The molecule has 0 spiro atoms. The van der Waals surface area contributed by atoms with Gasteiger partial charge in [0, 0.05) is 17.6 Å². The second kappa shape index (κ2) is 17.6. The summed E-state index contributed by atoms with van der Waals surface area (Å²) in [6.45, 7) is 27.7. The van der Waals surface area contributed by atoms with Crippen molar-refractivity contribution in [2.45, 2.75) is 78.6 Å². The Labute approximate surface area is 178 Å². The summed E-state index contributed by atoms with van der Waals surface area (Å²) < 4.78 is 0. The van der Waals surface area contributed by atoms with Gasteiger partial charge in [0.15, 0.2) is 14.3 Å². The molecule has 0 nitrogen and oxygen atoms in total. The number of rotatable bonds is 3. The van der Waals surface area contributed by atoms with E-state index in [1.165, 1.54) is 0 Å². The quantitative estimate of drug-likeness (QED) is 0.299. The normalized spacial score (nSPS) is 11.4. The Kier molecular flexibility index (Phi) is 26.3. The zero-order chi connectivity index (χ0) is 19.3. The SMILES string of the molecule is C[Si](C)(C)[Si](Cl)[Si](Cl)[Si](C)(C)C.C[Si](C)C.C[Si](C)C.[Ge]=[Sn]. The van der Waals surface area contributed by atoms with Gasteiger partial charge >= 0.3 is 32.2 Å². The van der Waals surface area contributed by atoms with Gasteiger partial charge in [-0.25, -0.2) is 0 Å². The third kappa shape index (κ3) is 31.0. The van der Waals surface area contributed by atoms with Gasteiger partial charge in [0.1, 0.15) is 0 Å². The average Bonchev–Trinajstić information content (AvgIpc) is 2.25. The van der Waals surface area contributed by atoms with Crippen molar-refractivity contribution in [2.24, 2.45) is 0 Å². The van der Waals surface area contributed by atoms with Crippen LogP contribution < -0.4 is 0 Å². The second-order valence-corrected chi connectivity index (χ2v) is 48.5. The van der Waals surface area contributed by atoms with Crippen molar-refractivity contribution in [3.63, 3.8) is 0 Å². The topological polar surface area (TPSA) is 0 Å². The Bertz CT molecular complexity index is 217. The van der Waals surface area contributed by atoms with Gasteiger partial charge in [-0.2, -0.15) is 22.2 Å². The minimum absolute atomic E-state index is 0.120. The van der Waals surface area contributed by atoms with Crippen LogP contribution in [0.15, 0.2) is 0 Å². The summed E-state index contributed by atoms with van der Waals surface area (Å²) in [6.07, 6.45) is 0. The van der Waals surface area contributed by atoms with Gasteiger partial charge in [0.05, 0.1) is 15.2 Å². The third-order valence-electron chi connectivity index (χ3n) is 1.51. The van der Waals surface area contributed by atoms with E-state index < -0.39 is 29.5 Å². The van der Waals surface area contributed by atoms with Crippen LogP contribution in [0.2, 0.25) is 78.6 Å². The Morgan fingerprint density at radius 1 is 0.591 bits per heavy atom. The average molecular weight is 611 g/mol. The van der Waals surface area contributed by atoms with E-state index in [-0.39, 0.29) is 17.6 Å². The molecule has 0 aromatic heterocycles. The fourth-order valence-electron chi connectivity index (χ4n) is 0.658. The summed E-state index contributed by atoms with van der Waals surface area (Å²) in [5, 5.41) is 0. The van der Waals surface area contributed by atoms with Crippen molar-refractivity contribution >= 4 is 101 Å². The maximum absolute atomic E-state index is 6.50. The minimum atomic E-state index is -1.12. The van der Waals surface area contributed by atoms with E-state index in [1.54, 1.807) is 19.6 Å². The molecule has 0 bridgehead atoms. The van der Waals surface area contributed by atoms with Gasteiger partial charge < -0.3 is 0 Å². The van der Waals surface area contributed by atoms with E-state index in [1.807, 2.05) is 0 Å². The molecule has 0 aliphatic heterocycles. The van der Waals surface area contributed by atoms with E-state index in [2.05, 4.69) is 91.2 Å². The van der Waals surface area contributed by atoms with Gasteiger partial charge in [0.2, 0.25) is 0 Å². The molecule has 0 saturated carbocycles. The van der Waals surface area contributed by atoms with E-state index >= 15 is 0 Å². The Balaban J connectivity index is -0.000000133. The van der Waals surface area contributed by atoms with Crippen molar-refractivity contribution in [2.75, 3.05) is 0 Å². The van der Waals surface area contributed by atoms with Crippen molar-refractivity contribution in [1.29, 1.82) is 0 Å². The molecular weight excluding hydrogens is 575 g/mol. The zero-order valence-electron chi connectivity index (χ0n) is 16.8. The van der Waals surface area contributed by atoms with E-state index in [9.17, 15) is 0 Å². The number of hydrogen-bond donors (Lipinski definition) is 0. The monoisotopic (exact) mass is 612 g/mol. The molecule has 0 aromatic rings. The van der Waals surface area contributed by atoms with Gasteiger partial charge in [-0.05, 0) is 0 Å². The molecule has 22 heavy (non-hydrogen) atoms. The Hall–Kier alpha value is 3.22. The summed E-state index contributed by atoms with van der Waals surface area (Å²) in [5.41, 5.74) is 0. The van der Waals surface area contributed by atoms with Gasteiger partial charge in [-0.15, -0.1) is 0 Å². The fourth-order valence-corrected chi connectivity index (χ4v) is 53.3. The fraction of sp³-hybridized carbons (Fsp3) is 1.00. The first-order chi connectivity index (χ1) is 9.53. The molecule has 0 saturated heterocycles. The van der Waals surface area contributed by atoms with E-state index in [0.717, 1.165) is 0 Å². The first-order valence-electron chi connectivity index (χ1n) is 7.38. The summed E-state index contributed by atoms with van der Waals surface area (Å²) in [4.78, 5) is 0. The first kappa shape index (κ1) is 32.9. The van der Waals surface area contributed by atoms with Crippen LogP contribution in [0.25, 0.3) is 0 Å². The second-order valence-electron chi connectivity index (χ2n) is 8.13. The Morgan fingerprint density at radius 3 is 0.727 bits per heavy atom. The van der Waals surface area contributed by atoms with Crippen LogP contribution in [-0.4, -0.2) is 79.3 Å². The molecule has 0 aliphatic carbocycles. The van der Waals surface area contributed by atoms with Crippen LogP contribution in [0.3, 0.4) is 0 Å². The molecule has 0 aromatic carbocycles. The zero-order valence-corrected chi connectivity index (χ0v) is 29.2. The standard InChI is InChI=1S/C6H18Cl2Si4.2C3H9Si.Ge.Sn/c1-11(2,3)9(7)10(8)12(4,5)6;2*1-4(2)3;;/h1-6H3;2*1-3H3;;. The Morgan fingerprint density at radius 2 is 0.682 bits per heavy atom. The van der Waals surface area contributed by atoms with Crippen LogP contribution in [0.1, 0.15) is 0 Å².